The fourth-order valence-corrected chi connectivity index (χ4v) is 3.66. The summed E-state index contributed by atoms with van der Waals surface area (Å²) in [6, 6.07) is 5.43. The Morgan fingerprint density at radius 1 is 1.10 bits per heavy atom. The predicted molar refractivity (Wildman–Crippen MR) is 107 cm³/mol. The molecule has 1 atom stereocenters. The van der Waals surface area contributed by atoms with Crippen molar-refractivity contribution in [3.63, 3.8) is 0 Å². The van der Waals surface area contributed by atoms with Gasteiger partial charge in [0.05, 0.1) is 23.4 Å². The van der Waals surface area contributed by atoms with Crippen LogP contribution >= 0.6 is 0 Å². The Bertz CT molecular complexity index is 1110. The summed E-state index contributed by atoms with van der Waals surface area (Å²) in [6.07, 6.45) is 3.43. The molecular formula is C20H21N7O4. The number of hydrogen-bond donors (Lipinski definition) is 3. The molecule has 0 radical (unpaired) electrons. The number of benzene rings is 1. The van der Waals surface area contributed by atoms with E-state index in [1.807, 2.05) is 0 Å². The number of H-pyrrole nitrogens is 2. The fraction of sp³-hybridized carbons (Fsp3) is 0.300. The molecule has 0 aliphatic carbocycles. The van der Waals surface area contributed by atoms with Crippen LogP contribution in [-0.2, 0) is 0 Å². The molecule has 1 aromatic carbocycles. The van der Waals surface area contributed by atoms with E-state index in [0.29, 0.717) is 36.7 Å². The van der Waals surface area contributed by atoms with Crippen LogP contribution in [0.5, 0.6) is 0 Å². The molecule has 1 aliphatic heterocycles. The van der Waals surface area contributed by atoms with Gasteiger partial charge in [-0.2, -0.15) is 10.2 Å². The van der Waals surface area contributed by atoms with Crippen molar-refractivity contribution in [2.45, 2.75) is 19.4 Å². The molecule has 3 heterocycles. The molecule has 160 valence electrons. The lowest BCUT2D eigenvalue weighted by Gasteiger charge is -2.27. The molecule has 0 bridgehead atoms. The molecule has 2 aromatic heterocycles. The van der Waals surface area contributed by atoms with E-state index in [0.717, 1.165) is 0 Å². The van der Waals surface area contributed by atoms with E-state index in [-0.39, 0.29) is 29.5 Å². The molecule has 1 aliphatic rings. The normalized spacial score (nSPS) is 16.7. The number of rotatable bonds is 4. The second-order valence-corrected chi connectivity index (χ2v) is 7.25. The number of nitrogens with zero attached hydrogens (tertiary/aromatic N) is 5. The van der Waals surface area contributed by atoms with Crippen LogP contribution in [0, 0.1) is 6.92 Å². The summed E-state index contributed by atoms with van der Waals surface area (Å²) in [5.41, 5.74) is 0.730. The van der Waals surface area contributed by atoms with Crippen LogP contribution in [-0.4, -0.2) is 77.7 Å². The zero-order valence-corrected chi connectivity index (χ0v) is 16.8. The van der Waals surface area contributed by atoms with Gasteiger partial charge in [-0.3, -0.25) is 19.8 Å². The summed E-state index contributed by atoms with van der Waals surface area (Å²) < 4.78 is 0. The van der Waals surface area contributed by atoms with Gasteiger partial charge in [0, 0.05) is 31.4 Å². The third-order valence-corrected chi connectivity index (χ3v) is 5.22. The van der Waals surface area contributed by atoms with Gasteiger partial charge < -0.3 is 14.9 Å². The van der Waals surface area contributed by atoms with E-state index in [4.69, 9.17) is 0 Å². The SMILES string of the molecule is Cc1nc(C2CCN(C(=O)c3cn[nH]c3)CCN2C(=O)c2cccc(C(=O)O)c2)n[nH]1. The molecule has 11 nitrogen and oxygen atoms in total. The predicted octanol–water partition coefficient (Wildman–Crippen LogP) is 1.26. The number of aromatic nitrogens is 5. The molecule has 3 aromatic rings. The Balaban J connectivity index is 1.64. The van der Waals surface area contributed by atoms with Gasteiger partial charge in [-0.15, -0.1) is 0 Å². The highest BCUT2D eigenvalue weighted by Crippen LogP contribution is 2.27. The number of carboxylic acids is 1. The summed E-state index contributed by atoms with van der Waals surface area (Å²) in [7, 11) is 0. The van der Waals surface area contributed by atoms with Crippen LogP contribution in [0.3, 0.4) is 0 Å². The highest BCUT2D eigenvalue weighted by atomic mass is 16.4. The van der Waals surface area contributed by atoms with Gasteiger partial charge in [0.2, 0.25) is 0 Å². The summed E-state index contributed by atoms with van der Waals surface area (Å²) in [6.45, 7) is 2.73. The summed E-state index contributed by atoms with van der Waals surface area (Å²) in [5.74, 6) is -0.554. The molecule has 31 heavy (non-hydrogen) atoms. The van der Waals surface area contributed by atoms with Crippen LogP contribution in [0.1, 0.15) is 55.2 Å². The number of carboxylic acid groups (broad SMARTS) is 1. The topological polar surface area (TPSA) is 148 Å². The highest BCUT2D eigenvalue weighted by molar-refractivity contribution is 5.98. The number of nitrogens with one attached hydrogen (secondary N) is 2. The third-order valence-electron chi connectivity index (χ3n) is 5.22. The second kappa shape index (κ2) is 8.38. The van der Waals surface area contributed by atoms with Gasteiger partial charge in [0.1, 0.15) is 5.82 Å². The Morgan fingerprint density at radius 2 is 1.90 bits per heavy atom. The van der Waals surface area contributed by atoms with Gasteiger partial charge in [0.25, 0.3) is 11.8 Å². The van der Waals surface area contributed by atoms with Gasteiger partial charge in [-0.05, 0) is 31.5 Å². The van der Waals surface area contributed by atoms with Crippen molar-refractivity contribution in [3.8, 4) is 0 Å². The summed E-state index contributed by atoms with van der Waals surface area (Å²) in [5, 5.41) is 22.7. The van der Waals surface area contributed by atoms with Crippen molar-refractivity contribution in [2.24, 2.45) is 0 Å². The average molecular weight is 423 g/mol. The lowest BCUT2D eigenvalue weighted by molar-refractivity contribution is 0.0664. The van der Waals surface area contributed by atoms with Crippen molar-refractivity contribution in [1.82, 2.24) is 35.2 Å². The van der Waals surface area contributed by atoms with Gasteiger partial charge in [0.15, 0.2) is 5.82 Å². The minimum absolute atomic E-state index is 0.0303. The fourth-order valence-electron chi connectivity index (χ4n) is 3.66. The Labute approximate surface area is 177 Å². The summed E-state index contributed by atoms with van der Waals surface area (Å²) in [4.78, 5) is 45.1. The van der Waals surface area contributed by atoms with Crippen LogP contribution < -0.4 is 0 Å². The Morgan fingerprint density at radius 3 is 2.58 bits per heavy atom. The first-order valence-corrected chi connectivity index (χ1v) is 9.75. The van der Waals surface area contributed by atoms with Gasteiger partial charge in [-0.25, -0.2) is 9.78 Å². The zero-order valence-electron chi connectivity index (χ0n) is 16.8. The quantitative estimate of drug-likeness (QED) is 0.572. The molecule has 1 saturated heterocycles. The number of carbonyl (C=O) groups excluding carboxylic acids is 2. The number of hydrogen-bond acceptors (Lipinski definition) is 6. The number of aromatic amines is 2. The molecule has 4 rings (SSSR count). The first-order chi connectivity index (χ1) is 14.9. The third kappa shape index (κ3) is 4.15. The molecule has 1 unspecified atom stereocenters. The number of aromatic carboxylic acids is 1. The van der Waals surface area contributed by atoms with Crippen molar-refractivity contribution in [1.29, 1.82) is 0 Å². The van der Waals surface area contributed by atoms with Gasteiger partial charge >= 0.3 is 5.97 Å². The molecule has 0 spiro atoms. The number of amides is 2. The first kappa shape index (κ1) is 20.3. The maximum absolute atomic E-state index is 13.4. The molecule has 3 N–H and O–H groups in total. The number of aryl methyl sites for hydroxylation is 1. The van der Waals surface area contributed by atoms with E-state index in [9.17, 15) is 19.5 Å². The van der Waals surface area contributed by atoms with E-state index < -0.39 is 12.0 Å². The minimum Gasteiger partial charge on any atom is -0.478 e. The highest BCUT2D eigenvalue weighted by Gasteiger charge is 2.33. The van der Waals surface area contributed by atoms with E-state index >= 15 is 0 Å². The van der Waals surface area contributed by atoms with Crippen LogP contribution in [0.25, 0.3) is 0 Å². The lowest BCUT2D eigenvalue weighted by atomic mass is 10.1. The average Bonchev–Trinajstić information content (AvgIpc) is 3.40. The zero-order chi connectivity index (χ0) is 22.0. The Hall–Kier alpha value is -4.02. The lowest BCUT2D eigenvalue weighted by Crippen LogP contribution is -2.38. The monoisotopic (exact) mass is 423 g/mol. The van der Waals surface area contributed by atoms with Crippen LogP contribution in [0.4, 0.5) is 0 Å². The van der Waals surface area contributed by atoms with E-state index in [1.165, 1.54) is 30.6 Å². The van der Waals surface area contributed by atoms with Crippen molar-refractivity contribution in [3.05, 3.63) is 65.0 Å². The summed E-state index contributed by atoms with van der Waals surface area (Å²) >= 11 is 0. The smallest absolute Gasteiger partial charge is 0.335 e. The molecule has 0 saturated carbocycles. The number of carbonyl (C=O) groups is 3. The maximum atomic E-state index is 13.4. The molecular weight excluding hydrogens is 402 g/mol. The van der Waals surface area contributed by atoms with E-state index in [2.05, 4.69) is 25.4 Å². The van der Waals surface area contributed by atoms with Gasteiger partial charge in [-0.1, -0.05) is 6.07 Å². The molecule has 1 fully saturated rings. The largest absolute Gasteiger partial charge is 0.478 e. The van der Waals surface area contributed by atoms with Crippen LogP contribution in [0.2, 0.25) is 0 Å². The minimum atomic E-state index is -1.11. The standard InChI is InChI=1S/C20H21N7O4/c1-12-23-17(25-24-12)16-5-6-26(18(28)15-10-21-22-11-15)7-8-27(16)19(29)13-3-2-4-14(9-13)20(30)31/h2-4,9-11,16H,5-8H2,1H3,(H,21,22)(H,30,31)(H,23,24,25). The first-order valence-electron chi connectivity index (χ1n) is 9.75. The molecule has 2 amide bonds. The Kier molecular flexibility index (Phi) is 5.48. The van der Waals surface area contributed by atoms with E-state index in [1.54, 1.807) is 22.8 Å². The van der Waals surface area contributed by atoms with Crippen molar-refractivity contribution >= 4 is 17.8 Å². The van der Waals surface area contributed by atoms with Crippen LogP contribution in [0.15, 0.2) is 36.7 Å². The van der Waals surface area contributed by atoms with Crippen molar-refractivity contribution in [2.75, 3.05) is 19.6 Å². The van der Waals surface area contributed by atoms with Crippen molar-refractivity contribution < 1.29 is 19.5 Å². The second-order valence-electron chi connectivity index (χ2n) is 7.25. The molecule has 11 heteroatoms. The maximum Gasteiger partial charge on any atom is 0.335 e.